The molecule has 0 aromatic carbocycles. The van der Waals surface area contributed by atoms with Crippen molar-refractivity contribution in [3.05, 3.63) is 40.1 Å². The first kappa shape index (κ1) is 16.8. The largest absolute Gasteiger partial charge is 0.310 e. The number of rotatable bonds is 4. The van der Waals surface area contributed by atoms with E-state index in [-0.39, 0.29) is 11.2 Å². The van der Waals surface area contributed by atoms with Gasteiger partial charge in [0.1, 0.15) is 22.0 Å². The molecule has 4 rings (SSSR count). The third-order valence-corrected chi connectivity index (χ3v) is 6.63. The van der Waals surface area contributed by atoms with E-state index in [0.717, 1.165) is 28.1 Å². The van der Waals surface area contributed by atoms with Crippen LogP contribution in [0.3, 0.4) is 0 Å². The zero-order valence-electron chi connectivity index (χ0n) is 13.5. The minimum absolute atomic E-state index is 0.113. The number of aromatic nitrogens is 3. The fourth-order valence-electron chi connectivity index (χ4n) is 2.89. The van der Waals surface area contributed by atoms with Crippen molar-refractivity contribution in [2.45, 2.75) is 36.5 Å². The lowest BCUT2D eigenvalue weighted by atomic mass is 10.2. The van der Waals surface area contributed by atoms with Gasteiger partial charge in [-0.3, -0.25) is 4.79 Å². The number of nitrogens with zero attached hydrogens (tertiary/aromatic N) is 3. The number of carbonyl (C=O) groups excluding carboxylic acids is 1. The van der Waals surface area contributed by atoms with Gasteiger partial charge in [-0.1, -0.05) is 23.4 Å². The summed E-state index contributed by atoms with van der Waals surface area (Å²) in [7, 11) is 0. The number of carbonyl (C=O) groups is 1. The topological polar surface area (TPSA) is 67.8 Å². The summed E-state index contributed by atoms with van der Waals surface area (Å²) in [6.45, 7) is 1.87. The Hall–Kier alpha value is -1.70. The SMILES string of the molecule is C[C@@H](Sc1ncnc2sc3c(c12)CCC3)C(=O)Nc1ccc(Cl)cn1. The van der Waals surface area contributed by atoms with Crippen molar-refractivity contribution in [1.29, 1.82) is 0 Å². The van der Waals surface area contributed by atoms with Gasteiger partial charge >= 0.3 is 0 Å². The van der Waals surface area contributed by atoms with Crippen LogP contribution in [0, 0.1) is 0 Å². The number of thiophene rings is 1. The highest BCUT2D eigenvalue weighted by molar-refractivity contribution is 8.00. The molecule has 0 unspecified atom stereocenters. The fraction of sp³-hybridized carbons (Fsp3) is 0.294. The van der Waals surface area contributed by atoms with Crippen molar-refractivity contribution < 1.29 is 4.79 Å². The van der Waals surface area contributed by atoms with Crippen LogP contribution in [0.25, 0.3) is 10.2 Å². The van der Waals surface area contributed by atoms with E-state index in [1.165, 1.54) is 34.8 Å². The number of fused-ring (bicyclic) bond motifs is 3. The Morgan fingerprint density at radius 2 is 2.20 bits per heavy atom. The van der Waals surface area contributed by atoms with Gasteiger partial charge in [-0.25, -0.2) is 15.0 Å². The van der Waals surface area contributed by atoms with Crippen molar-refractivity contribution in [3.63, 3.8) is 0 Å². The molecule has 3 heterocycles. The zero-order valence-corrected chi connectivity index (χ0v) is 15.8. The van der Waals surface area contributed by atoms with Crippen LogP contribution in [0.2, 0.25) is 5.02 Å². The number of aryl methyl sites for hydroxylation is 2. The van der Waals surface area contributed by atoms with Crippen molar-refractivity contribution in [3.8, 4) is 0 Å². The number of hydrogen-bond donors (Lipinski definition) is 1. The molecule has 0 fully saturated rings. The number of anilines is 1. The summed E-state index contributed by atoms with van der Waals surface area (Å²) >= 11 is 9.03. The van der Waals surface area contributed by atoms with Crippen LogP contribution >= 0.6 is 34.7 Å². The molecule has 5 nitrogen and oxygen atoms in total. The van der Waals surface area contributed by atoms with Gasteiger partial charge < -0.3 is 5.32 Å². The average molecular weight is 391 g/mol. The molecule has 8 heteroatoms. The van der Waals surface area contributed by atoms with Crippen LogP contribution in [0.15, 0.2) is 29.7 Å². The van der Waals surface area contributed by atoms with Crippen molar-refractivity contribution in [2.24, 2.45) is 0 Å². The van der Waals surface area contributed by atoms with Crippen LogP contribution < -0.4 is 5.32 Å². The number of hydrogen-bond acceptors (Lipinski definition) is 6. The molecule has 0 radical (unpaired) electrons. The van der Waals surface area contributed by atoms with Gasteiger partial charge in [-0.2, -0.15) is 0 Å². The van der Waals surface area contributed by atoms with Gasteiger partial charge in [0.25, 0.3) is 0 Å². The fourth-order valence-corrected chi connectivity index (χ4v) is 5.24. The Kier molecular flexibility index (Phi) is 4.62. The number of pyridine rings is 1. The standard InChI is InChI=1S/C17H15ClN4OS2/c1-9(15(23)22-13-6-5-10(18)7-19-13)24-16-14-11-3-2-4-12(11)25-17(14)21-8-20-16/h5-9H,2-4H2,1H3,(H,19,22,23)/t9-/m1/s1. The minimum Gasteiger partial charge on any atom is -0.310 e. The molecule has 3 aromatic heterocycles. The monoisotopic (exact) mass is 390 g/mol. The molecule has 0 bridgehead atoms. The molecule has 0 saturated carbocycles. The number of thioether (sulfide) groups is 1. The summed E-state index contributed by atoms with van der Waals surface area (Å²) in [5.41, 5.74) is 1.37. The van der Waals surface area contributed by atoms with E-state index in [9.17, 15) is 4.79 Å². The zero-order chi connectivity index (χ0) is 17.4. The maximum Gasteiger partial charge on any atom is 0.238 e. The molecule has 1 N–H and O–H groups in total. The van der Waals surface area contributed by atoms with Crippen LogP contribution in [-0.2, 0) is 17.6 Å². The van der Waals surface area contributed by atoms with E-state index in [1.54, 1.807) is 29.8 Å². The molecular formula is C17H15ClN4OS2. The lowest BCUT2D eigenvalue weighted by Crippen LogP contribution is -2.23. The molecule has 1 amide bonds. The molecule has 0 spiro atoms. The molecule has 1 aliphatic carbocycles. The molecule has 1 aliphatic rings. The molecular weight excluding hydrogens is 376 g/mol. The summed E-state index contributed by atoms with van der Waals surface area (Å²) in [4.78, 5) is 27.8. The Balaban J connectivity index is 1.54. The number of amides is 1. The summed E-state index contributed by atoms with van der Waals surface area (Å²) in [6.07, 6.45) is 6.48. The van der Waals surface area contributed by atoms with Crippen molar-refractivity contribution >= 4 is 56.6 Å². The van der Waals surface area contributed by atoms with Crippen LogP contribution in [0.4, 0.5) is 5.82 Å². The summed E-state index contributed by atoms with van der Waals surface area (Å²) < 4.78 is 0. The summed E-state index contributed by atoms with van der Waals surface area (Å²) in [6, 6.07) is 3.39. The van der Waals surface area contributed by atoms with Gasteiger partial charge in [0.2, 0.25) is 5.91 Å². The minimum atomic E-state index is -0.299. The highest BCUT2D eigenvalue weighted by Gasteiger charge is 2.24. The molecule has 3 aromatic rings. The quantitative estimate of drug-likeness (QED) is 0.530. The predicted molar refractivity (Wildman–Crippen MR) is 103 cm³/mol. The van der Waals surface area contributed by atoms with E-state index in [1.807, 2.05) is 6.92 Å². The first-order valence-electron chi connectivity index (χ1n) is 7.96. The molecule has 0 saturated heterocycles. The first-order chi connectivity index (χ1) is 12.1. The van der Waals surface area contributed by atoms with Crippen LogP contribution in [0.5, 0.6) is 0 Å². The van der Waals surface area contributed by atoms with Gasteiger partial charge in [0, 0.05) is 16.5 Å². The van der Waals surface area contributed by atoms with Crippen LogP contribution in [0.1, 0.15) is 23.8 Å². The second-order valence-corrected chi connectivity index (χ2v) is 8.68. The highest BCUT2D eigenvalue weighted by atomic mass is 35.5. The Bertz CT molecular complexity index is 942. The van der Waals surface area contributed by atoms with E-state index in [0.29, 0.717) is 10.8 Å². The Morgan fingerprint density at radius 1 is 1.32 bits per heavy atom. The summed E-state index contributed by atoms with van der Waals surface area (Å²) in [5, 5.41) is 5.07. The maximum absolute atomic E-state index is 12.5. The van der Waals surface area contributed by atoms with Crippen molar-refractivity contribution in [1.82, 2.24) is 15.0 Å². The van der Waals surface area contributed by atoms with E-state index in [4.69, 9.17) is 11.6 Å². The average Bonchev–Trinajstić information content (AvgIpc) is 3.18. The van der Waals surface area contributed by atoms with Crippen molar-refractivity contribution in [2.75, 3.05) is 5.32 Å². The van der Waals surface area contributed by atoms with Gasteiger partial charge in [-0.05, 0) is 43.9 Å². The molecule has 25 heavy (non-hydrogen) atoms. The van der Waals surface area contributed by atoms with Crippen LogP contribution in [-0.4, -0.2) is 26.1 Å². The third kappa shape index (κ3) is 3.36. The number of halogens is 1. The maximum atomic E-state index is 12.5. The lowest BCUT2D eigenvalue weighted by Gasteiger charge is -2.12. The first-order valence-corrected chi connectivity index (χ1v) is 10.0. The van der Waals surface area contributed by atoms with E-state index in [2.05, 4.69) is 20.3 Å². The number of nitrogens with one attached hydrogen (secondary N) is 1. The van der Waals surface area contributed by atoms with E-state index < -0.39 is 0 Å². The molecule has 0 aliphatic heterocycles. The second-order valence-electron chi connectivity index (χ2n) is 5.83. The van der Waals surface area contributed by atoms with Gasteiger partial charge in [-0.15, -0.1) is 11.3 Å². The second kappa shape index (κ2) is 6.90. The Labute approximate surface area is 158 Å². The van der Waals surface area contributed by atoms with Gasteiger partial charge in [0.05, 0.1) is 10.3 Å². The Morgan fingerprint density at radius 3 is 3.00 bits per heavy atom. The normalized spacial score (nSPS) is 14.5. The highest BCUT2D eigenvalue weighted by Crippen LogP contribution is 2.40. The predicted octanol–water partition coefficient (Wildman–Crippen LogP) is 4.35. The lowest BCUT2D eigenvalue weighted by molar-refractivity contribution is -0.115. The van der Waals surface area contributed by atoms with E-state index >= 15 is 0 Å². The van der Waals surface area contributed by atoms with Gasteiger partial charge in [0.15, 0.2) is 0 Å². The summed E-state index contributed by atoms with van der Waals surface area (Å²) in [5.74, 6) is 0.379. The third-order valence-electron chi connectivity index (χ3n) is 4.10. The molecule has 128 valence electrons. The smallest absolute Gasteiger partial charge is 0.238 e. The molecule has 1 atom stereocenters.